The highest BCUT2D eigenvalue weighted by molar-refractivity contribution is 6.30. The molecule has 2 heteroatoms. The van der Waals surface area contributed by atoms with Crippen LogP contribution < -0.4 is 5.32 Å². The minimum absolute atomic E-state index is 0.803. The summed E-state index contributed by atoms with van der Waals surface area (Å²) < 4.78 is 0. The minimum atomic E-state index is 0.803. The molecule has 3 rings (SSSR count). The maximum absolute atomic E-state index is 6.01. The van der Waals surface area contributed by atoms with Crippen LogP contribution in [0.3, 0.4) is 0 Å². The summed E-state index contributed by atoms with van der Waals surface area (Å²) in [5.41, 5.74) is 6.56. The largest absolute Gasteiger partial charge is 0.384 e. The molecule has 17 heavy (non-hydrogen) atoms. The zero-order chi connectivity index (χ0) is 11.8. The first kappa shape index (κ1) is 10.7. The molecular formula is C15H14ClN. The molecular weight excluding hydrogens is 230 g/mol. The first-order valence-electron chi connectivity index (χ1n) is 5.88. The summed E-state index contributed by atoms with van der Waals surface area (Å²) in [6.45, 7) is 3.15. The topological polar surface area (TPSA) is 12.0 Å². The van der Waals surface area contributed by atoms with E-state index in [1.807, 2.05) is 12.1 Å². The zero-order valence-electron chi connectivity index (χ0n) is 9.76. The van der Waals surface area contributed by atoms with E-state index < -0.39 is 0 Å². The van der Waals surface area contributed by atoms with Crippen molar-refractivity contribution >= 4 is 17.3 Å². The molecule has 2 aromatic rings. The highest BCUT2D eigenvalue weighted by Crippen LogP contribution is 2.35. The molecule has 0 radical (unpaired) electrons. The standard InChI is InChI=1S/C15H14ClN/c1-10-9-11(16)5-6-12(10)13-3-2-4-15-14(13)7-8-17-15/h2-6,9,17H,7-8H2,1H3. The van der Waals surface area contributed by atoms with Gasteiger partial charge in [-0.1, -0.05) is 29.8 Å². The summed E-state index contributed by atoms with van der Waals surface area (Å²) in [7, 11) is 0. The Bertz CT molecular complexity index is 575. The highest BCUT2D eigenvalue weighted by atomic mass is 35.5. The Labute approximate surface area is 106 Å². The lowest BCUT2D eigenvalue weighted by molar-refractivity contribution is 1.11. The molecule has 86 valence electrons. The van der Waals surface area contributed by atoms with Gasteiger partial charge >= 0.3 is 0 Å². The van der Waals surface area contributed by atoms with Crippen molar-refractivity contribution in [1.29, 1.82) is 0 Å². The number of hydrogen-bond acceptors (Lipinski definition) is 1. The number of hydrogen-bond donors (Lipinski definition) is 1. The van der Waals surface area contributed by atoms with Gasteiger partial charge in [0, 0.05) is 17.3 Å². The Hall–Kier alpha value is -1.47. The third kappa shape index (κ3) is 1.81. The summed E-state index contributed by atoms with van der Waals surface area (Å²) in [5, 5.41) is 4.22. The van der Waals surface area contributed by atoms with E-state index in [2.05, 4.69) is 36.5 Å². The Kier molecular flexibility index (Phi) is 2.56. The highest BCUT2D eigenvalue weighted by Gasteiger charge is 2.15. The number of rotatable bonds is 1. The number of fused-ring (bicyclic) bond motifs is 1. The first-order valence-corrected chi connectivity index (χ1v) is 6.26. The fourth-order valence-corrected chi connectivity index (χ4v) is 2.75. The number of aryl methyl sites for hydroxylation is 1. The van der Waals surface area contributed by atoms with Gasteiger partial charge in [0.05, 0.1) is 0 Å². The van der Waals surface area contributed by atoms with Crippen molar-refractivity contribution in [3.63, 3.8) is 0 Å². The van der Waals surface area contributed by atoms with Gasteiger partial charge in [-0.3, -0.25) is 0 Å². The Balaban J connectivity index is 2.19. The van der Waals surface area contributed by atoms with Crippen molar-refractivity contribution in [3.05, 3.63) is 52.5 Å². The van der Waals surface area contributed by atoms with Gasteiger partial charge < -0.3 is 5.32 Å². The van der Waals surface area contributed by atoms with Crippen LogP contribution in [0.15, 0.2) is 36.4 Å². The summed E-state index contributed by atoms with van der Waals surface area (Å²) in [4.78, 5) is 0. The smallest absolute Gasteiger partial charge is 0.0409 e. The molecule has 0 bridgehead atoms. The van der Waals surface area contributed by atoms with E-state index in [1.54, 1.807) is 0 Å². The molecule has 0 aromatic heterocycles. The summed E-state index contributed by atoms with van der Waals surface area (Å²) in [6.07, 6.45) is 1.10. The molecule has 0 saturated carbocycles. The lowest BCUT2D eigenvalue weighted by atomic mass is 9.95. The fraction of sp³-hybridized carbons (Fsp3) is 0.200. The van der Waals surface area contributed by atoms with Crippen molar-refractivity contribution in [2.24, 2.45) is 0 Å². The van der Waals surface area contributed by atoms with Gasteiger partial charge in [-0.05, 0) is 53.8 Å². The Morgan fingerprint density at radius 2 is 2.00 bits per heavy atom. The lowest BCUT2D eigenvalue weighted by Crippen LogP contribution is -1.90. The molecule has 1 heterocycles. The quantitative estimate of drug-likeness (QED) is 0.788. The van der Waals surface area contributed by atoms with Crippen LogP contribution in [0.25, 0.3) is 11.1 Å². The number of nitrogens with one attached hydrogen (secondary N) is 1. The van der Waals surface area contributed by atoms with Gasteiger partial charge in [0.2, 0.25) is 0 Å². The van der Waals surface area contributed by atoms with Crippen LogP contribution in [0.1, 0.15) is 11.1 Å². The third-order valence-corrected chi connectivity index (χ3v) is 3.58. The second-order valence-electron chi connectivity index (χ2n) is 4.47. The monoisotopic (exact) mass is 243 g/mol. The van der Waals surface area contributed by atoms with Gasteiger partial charge in [0.25, 0.3) is 0 Å². The predicted molar refractivity (Wildman–Crippen MR) is 73.8 cm³/mol. The summed E-state index contributed by atoms with van der Waals surface area (Å²) in [6, 6.07) is 12.6. The van der Waals surface area contributed by atoms with Crippen LogP contribution in [0.2, 0.25) is 5.02 Å². The van der Waals surface area contributed by atoms with E-state index in [0.717, 1.165) is 18.0 Å². The zero-order valence-corrected chi connectivity index (χ0v) is 10.5. The Morgan fingerprint density at radius 3 is 2.82 bits per heavy atom. The van der Waals surface area contributed by atoms with Crippen LogP contribution in [-0.4, -0.2) is 6.54 Å². The van der Waals surface area contributed by atoms with Crippen molar-refractivity contribution in [3.8, 4) is 11.1 Å². The molecule has 0 fully saturated rings. The van der Waals surface area contributed by atoms with E-state index in [9.17, 15) is 0 Å². The molecule has 1 nitrogen and oxygen atoms in total. The van der Waals surface area contributed by atoms with E-state index in [1.165, 1.54) is 27.9 Å². The summed E-state index contributed by atoms with van der Waals surface area (Å²) >= 11 is 6.01. The maximum Gasteiger partial charge on any atom is 0.0409 e. The second kappa shape index (κ2) is 4.08. The van der Waals surface area contributed by atoms with E-state index in [0.29, 0.717) is 0 Å². The molecule has 0 saturated heterocycles. The number of anilines is 1. The van der Waals surface area contributed by atoms with Crippen molar-refractivity contribution in [1.82, 2.24) is 0 Å². The van der Waals surface area contributed by atoms with Gasteiger partial charge in [-0.25, -0.2) is 0 Å². The molecule has 2 aromatic carbocycles. The average molecular weight is 244 g/mol. The first-order chi connectivity index (χ1) is 8.25. The van der Waals surface area contributed by atoms with Crippen LogP contribution in [0.5, 0.6) is 0 Å². The van der Waals surface area contributed by atoms with Gasteiger partial charge in [-0.15, -0.1) is 0 Å². The number of halogens is 1. The van der Waals surface area contributed by atoms with Gasteiger partial charge in [-0.2, -0.15) is 0 Å². The predicted octanol–water partition coefficient (Wildman–Crippen LogP) is 4.28. The van der Waals surface area contributed by atoms with Crippen LogP contribution >= 0.6 is 11.6 Å². The molecule has 0 aliphatic carbocycles. The number of benzene rings is 2. The molecule has 1 N–H and O–H groups in total. The lowest BCUT2D eigenvalue weighted by Gasteiger charge is -2.11. The molecule has 0 atom stereocenters. The van der Waals surface area contributed by atoms with Crippen LogP contribution in [0, 0.1) is 6.92 Å². The van der Waals surface area contributed by atoms with Crippen molar-refractivity contribution in [2.75, 3.05) is 11.9 Å². The Morgan fingerprint density at radius 1 is 1.12 bits per heavy atom. The van der Waals surface area contributed by atoms with Crippen molar-refractivity contribution < 1.29 is 0 Å². The maximum atomic E-state index is 6.01. The van der Waals surface area contributed by atoms with Gasteiger partial charge in [0.1, 0.15) is 0 Å². The SMILES string of the molecule is Cc1cc(Cl)ccc1-c1cccc2c1CCN2. The molecule has 0 spiro atoms. The van der Waals surface area contributed by atoms with E-state index in [-0.39, 0.29) is 0 Å². The third-order valence-electron chi connectivity index (χ3n) is 3.35. The van der Waals surface area contributed by atoms with E-state index in [4.69, 9.17) is 11.6 Å². The second-order valence-corrected chi connectivity index (χ2v) is 4.90. The van der Waals surface area contributed by atoms with Crippen LogP contribution in [0.4, 0.5) is 5.69 Å². The fourth-order valence-electron chi connectivity index (χ4n) is 2.53. The minimum Gasteiger partial charge on any atom is -0.384 e. The summed E-state index contributed by atoms with van der Waals surface area (Å²) in [5.74, 6) is 0. The van der Waals surface area contributed by atoms with Crippen molar-refractivity contribution in [2.45, 2.75) is 13.3 Å². The normalized spacial score (nSPS) is 13.3. The van der Waals surface area contributed by atoms with Crippen LogP contribution in [-0.2, 0) is 6.42 Å². The molecule has 1 aliphatic heterocycles. The van der Waals surface area contributed by atoms with E-state index >= 15 is 0 Å². The van der Waals surface area contributed by atoms with Gasteiger partial charge in [0.15, 0.2) is 0 Å². The molecule has 0 unspecified atom stereocenters. The molecule has 0 amide bonds. The molecule has 1 aliphatic rings. The average Bonchev–Trinajstić information content (AvgIpc) is 2.77.